The quantitative estimate of drug-likeness (QED) is 0.805. The van der Waals surface area contributed by atoms with E-state index in [1.807, 2.05) is 0 Å². The van der Waals surface area contributed by atoms with Crippen molar-refractivity contribution >= 4 is 16.0 Å². The molecule has 106 valence electrons. The number of piperidine rings is 1. The summed E-state index contributed by atoms with van der Waals surface area (Å²) in [6.07, 6.45) is 5.49. The Balaban J connectivity index is 2.28. The molecule has 0 aliphatic carbocycles. The number of aromatic nitrogens is 2. The van der Waals surface area contributed by atoms with Crippen molar-refractivity contribution in [1.82, 2.24) is 14.3 Å². The maximum Gasteiger partial charge on any atom is 0.246 e. The van der Waals surface area contributed by atoms with Crippen molar-refractivity contribution in [2.45, 2.75) is 36.6 Å². The smallest absolute Gasteiger partial charge is 0.246 e. The standard InChI is InChI=1S/C11H18N4O3S/c12-11-13-7-10(8-14-11)19(17,18)15-5-2-1-3-9(15)4-6-16/h7-9,16H,1-6H2,(H2,12,13,14). The highest BCUT2D eigenvalue weighted by Gasteiger charge is 2.33. The first-order valence-electron chi connectivity index (χ1n) is 6.26. The molecule has 0 bridgehead atoms. The average Bonchev–Trinajstić information content (AvgIpc) is 2.40. The molecule has 1 atom stereocenters. The van der Waals surface area contributed by atoms with Crippen LogP contribution in [0.3, 0.4) is 0 Å². The molecule has 0 amide bonds. The molecule has 0 radical (unpaired) electrons. The Morgan fingerprint density at radius 1 is 1.37 bits per heavy atom. The van der Waals surface area contributed by atoms with Crippen molar-refractivity contribution in [1.29, 1.82) is 0 Å². The summed E-state index contributed by atoms with van der Waals surface area (Å²) in [6.45, 7) is 0.451. The van der Waals surface area contributed by atoms with Gasteiger partial charge in [-0.25, -0.2) is 18.4 Å². The predicted molar refractivity (Wildman–Crippen MR) is 69.7 cm³/mol. The monoisotopic (exact) mass is 286 g/mol. The Labute approximate surface area is 112 Å². The van der Waals surface area contributed by atoms with Crippen LogP contribution in [-0.4, -0.2) is 47.0 Å². The van der Waals surface area contributed by atoms with Crippen molar-refractivity contribution in [2.75, 3.05) is 18.9 Å². The summed E-state index contributed by atoms with van der Waals surface area (Å²) < 4.78 is 26.5. The second-order valence-corrected chi connectivity index (χ2v) is 6.45. The number of aliphatic hydroxyl groups excluding tert-OH is 1. The Bertz CT molecular complexity index is 515. The summed E-state index contributed by atoms with van der Waals surface area (Å²) >= 11 is 0. The van der Waals surface area contributed by atoms with Gasteiger partial charge in [-0.05, 0) is 19.3 Å². The third kappa shape index (κ3) is 3.02. The molecular weight excluding hydrogens is 268 g/mol. The highest BCUT2D eigenvalue weighted by molar-refractivity contribution is 7.89. The van der Waals surface area contributed by atoms with Gasteiger partial charge in [-0.2, -0.15) is 4.31 Å². The molecule has 0 aromatic carbocycles. The van der Waals surface area contributed by atoms with E-state index in [2.05, 4.69) is 9.97 Å². The van der Waals surface area contributed by atoms with Gasteiger partial charge in [-0.3, -0.25) is 0 Å². The van der Waals surface area contributed by atoms with Gasteiger partial charge < -0.3 is 10.8 Å². The van der Waals surface area contributed by atoms with E-state index in [4.69, 9.17) is 10.8 Å². The number of anilines is 1. The molecule has 1 saturated heterocycles. The fourth-order valence-electron chi connectivity index (χ4n) is 2.32. The third-order valence-electron chi connectivity index (χ3n) is 3.29. The molecule has 0 spiro atoms. The number of hydrogen-bond acceptors (Lipinski definition) is 6. The lowest BCUT2D eigenvalue weighted by molar-refractivity contribution is 0.192. The van der Waals surface area contributed by atoms with Crippen LogP contribution in [0.1, 0.15) is 25.7 Å². The van der Waals surface area contributed by atoms with Gasteiger partial charge in [0.05, 0.1) is 12.4 Å². The first kappa shape index (κ1) is 14.2. The largest absolute Gasteiger partial charge is 0.396 e. The van der Waals surface area contributed by atoms with E-state index in [9.17, 15) is 8.42 Å². The van der Waals surface area contributed by atoms with Crippen LogP contribution in [0, 0.1) is 0 Å². The first-order valence-corrected chi connectivity index (χ1v) is 7.70. The van der Waals surface area contributed by atoms with Gasteiger partial charge in [0.25, 0.3) is 0 Å². The van der Waals surface area contributed by atoms with Crippen LogP contribution >= 0.6 is 0 Å². The number of sulfonamides is 1. The minimum atomic E-state index is -3.61. The van der Waals surface area contributed by atoms with Crippen molar-refractivity contribution in [2.24, 2.45) is 0 Å². The van der Waals surface area contributed by atoms with Gasteiger partial charge in [0.15, 0.2) is 0 Å². The zero-order valence-electron chi connectivity index (χ0n) is 10.6. The fourth-order valence-corrected chi connectivity index (χ4v) is 3.94. The maximum absolute atomic E-state index is 12.5. The van der Waals surface area contributed by atoms with E-state index in [1.54, 1.807) is 0 Å². The normalized spacial score (nSPS) is 21.4. The van der Waals surface area contributed by atoms with E-state index >= 15 is 0 Å². The molecule has 1 unspecified atom stereocenters. The highest BCUT2D eigenvalue weighted by Crippen LogP contribution is 2.26. The van der Waals surface area contributed by atoms with Gasteiger partial charge >= 0.3 is 0 Å². The molecule has 1 fully saturated rings. The van der Waals surface area contributed by atoms with Crippen LogP contribution in [0.5, 0.6) is 0 Å². The Kier molecular flexibility index (Phi) is 4.33. The lowest BCUT2D eigenvalue weighted by atomic mass is 10.0. The SMILES string of the molecule is Nc1ncc(S(=O)(=O)N2CCCCC2CCO)cn1. The number of nitrogen functional groups attached to an aromatic ring is 1. The van der Waals surface area contributed by atoms with E-state index in [0.29, 0.717) is 13.0 Å². The van der Waals surface area contributed by atoms with Gasteiger partial charge in [0, 0.05) is 19.2 Å². The maximum atomic E-state index is 12.5. The molecule has 2 heterocycles. The van der Waals surface area contributed by atoms with Gasteiger partial charge in [0.2, 0.25) is 16.0 Å². The Hall–Kier alpha value is -1.25. The number of hydrogen-bond donors (Lipinski definition) is 2. The minimum Gasteiger partial charge on any atom is -0.396 e. The summed E-state index contributed by atoms with van der Waals surface area (Å²) in [5.41, 5.74) is 5.36. The Morgan fingerprint density at radius 3 is 2.68 bits per heavy atom. The number of nitrogens with two attached hydrogens (primary N) is 1. The molecule has 0 saturated carbocycles. The first-order chi connectivity index (χ1) is 9.05. The number of aliphatic hydroxyl groups is 1. The zero-order chi connectivity index (χ0) is 13.9. The molecule has 2 rings (SSSR count). The van der Waals surface area contributed by atoms with Gasteiger partial charge in [0.1, 0.15) is 4.90 Å². The van der Waals surface area contributed by atoms with Gasteiger partial charge in [-0.1, -0.05) is 6.42 Å². The van der Waals surface area contributed by atoms with Gasteiger partial charge in [-0.15, -0.1) is 0 Å². The predicted octanol–water partition coefficient (Wildman–Crippen LogP) is -0.0156. The molecule has 1 aliphatic heterocycles. The molecule has 19 heavy (non-hydrogen) atoms. The number of rotatable bonds is 4. The van der Waals surface area contributed by atoms with E-state index in [1.165, 1.54) is 16.7 Å². The molecule has 1 aliphatic rings. The third-order valence-corrected chi connectivity index (χ3v) is 5.19. The minimum absolute atomic E-state index is 0.0189. The van der Waals surface area contributed by atoms with Crippen LogP contribution in [0.2, 0.25) is 0 Å². The van der Waals surface area contributed by atoms with Crippen molar-refractivity contribution in [3.8, 4) is 0 Å². The summed E-state index contributed by atoms with van der Waals surface area (Å²) in [6, 6.07) is -0.152. The van der Waals surface area contributed by atoms with Crippen molar-refractivity contribution < 1.29 is 13.5 Å². The summed E-state index contributed by atoms with van der Waals surface area (Å²) in [7, 11) is -3.61. The van der Waals surface area contributed by atoms with Crippen LogP contribution in [-0.2, 0) is 10.0 Å². The van der Waals surface area contributed by atoms with E-state index < -0.39 is 10.0 Å². The Morgan fingerprint density at radius 2 is 2.05 bits per heavy atom. The van der Waals surface area contributed by atoms with Crippen LogP contribution in [0.4, 0.5) is 5.95 Å². The molecule has 8 heteroatoms. The second kappa shape index (κ2) is 5.81. The lowest BCUT2D eigenvalue weighted by Crippen LogP contribution is -2.44. The summed E-state index contributed by atoms with van der Waals surface area (Å²) in [4.78, 5) is 7.49. The molecular formula is C11H18N4O3S. The number of nitrogens with zero attached hydrogens (tertiary/aromatic N) is 3. The second-order valence-electron chi connectivity index (χ2n) is 4.55. The fraction of sp³-hybridized carbons (Fsp3) is 0.636. The lowest BCUT2D eigenvalue weighted by Gasteiger charge is -2.34. The van der Waals surface area contributed by atoms with Crippen molar-refractivity contribution in [3.63, 3.8) is 0 Å². The van der Waals surface area contributed by atoms with Crippen molar-refractivity contribution in [3.05, 3.63) is 12.4 Å². The summed E-state index contributed by atoms with van der Waals surface area (Å²) in [5, 5.41) is 9.05. The van der Waals surface area contributed by atoms with E-state index in [-0.39, 0.29) is 23.5 Å². The van der Waals surface area contributed by atoms with Crippen LogP contribution in [0.15, 0.2) is 17.3 Å². The zero-order valence-corrected chi connectivity index (χ0v) is 11.4. The molecule has 7 nitrogen and oxygen atoms in total. The summed E-state index contributed by atoms with van der Waals surface area (Å²) in [5.74, 6) is 0.0458. The average molecular weight is 286 g/mol. The van der Waals surface area contributed by atoms with Crippen LogP contribution in [0.25, 0.3) is 0 Å². The topological polar surface area (TPSA) is 109 Å². The molecule has 1 aromatic rings. The molecule has 1 aromatic heterocycles. The highest BCUT2D eigenvalue weighted by atomic mass is 32.2. The van der Waals surface area contributed by atoms with E-state index in [0.717, 1.165) is 19.3 Å². The molecule has 3 N–H and O–H groups in total. The van der Waals surface area contributed by atoms with Crippen LogP contribution < -0.4 is 5.73 Å².